The highest BCUT2D eigenvalue weighted by Crippen LogP contribution is 2.24. The molecule has 2 rings (SSSR count). The number of nitrogens with one attached hydrogen (secondary N) is 1. The van der Waals surface area contributed by atoms with E-state index >= 15 is 0 Å². The molecule has 94 valence electrons. The first-order chi connectivity index (χ1) is 8.47. The van der Waals surface area contributed by atoms with Crippen LogP contribution in [0.15, 0.2) is 18.2 Å². The summed E-state index contributed by atoms with van der Waals surface area (Å²) in [7, 11) is 0. The molecule has 0 fully saturated rings. The van der Waals surface area contributed by atoms with E-state index < -0.39 is 0 Å². The average molecular weight is 286 g/mol. The van der Waals surface area contributed by atoms with E-state index in [2.05, 4.69) is 15.3 Å². The van der Waals surface area contributed by atoms with Crippen molar-refractivity contribution in [3.8, 4) is 0 Å². The van der Waals surface area contributed by atoms with Crippen LogP contribution in [0.3, 0.4) is 0 Å². The van der Waals surface area contributed by atoms with E-state index in [1.165, 1.54) is 12.1 Å². The minimum absolute atomic E-state index is 0.240. The van der Waals surface area contributed by atoms with Crippen LogP contribution in [-0.2, 0) is 0 Å². The third-order valence-electron chi connectivity index (χ3n) is 2.47. The van der Waals surface area contributed by atoms with Gasteiger partial charge in [0.15, 0.2) is 0 Å². The molecule has 0 aliphatic rings. The molecule has 0 saturated carbocycles. The minimum atomic E-state index is -0.340. The monoisotopic (exact) mass is 285 g/mol. The number of benzene rings is 1. The minimum Gasteiger partial charge on any atom is -0.324 e. The van der Waals surface area contributed by atoms with Crippen molar-refractivity contribution in [3.05, 3.63) is 45.4 Å². The van der Waals surface area contributed by atoms with Crippen LogP contribution >= 0.6 is 23.2 Å². The number of aromatic nitrogens is 2. The van der Waals surface area contributed by atoms with E-state index in [-0.39, 0.29) is 22.1 Å². The molecular formula is C12H10Cl2FN3. The number of anilines is 2. The smallest absolute Gasteiger partial charge is 0.230 e. The van der Waals surface area contributed by atoms with Crippen molar-refractivity contribution in [2.75, 3.05) is 5.32 Å². The molecule has 1 aromatic carbocycles. The van der Waals surface area contributed by atoms with Crippen LogP contribution in [0.2, 0.25) is 10.3 Å². The molecule has 3 nitrogen and oxygen atoms in total. The van der Waals surface area contributed by atoms with Crippen LogP contribution in [0.25, 0.3) is 0 Å². The maximum absolute atomic E-state index is 13.1. The summed E-state index contributed by atoms with van der Waals surface area (Å²) >= 11 is 11.8. The van der Waals surface area contributed by atoms with E-state index in [9.17, 15) is 4.39 Å². The molecule has 0 aliphatic heterocycles. The van der Waals surface area contributed by atoms with Gasteiger partial charge in [-0.2, -0.15) is 0 Å². The van der Waals surface area contributed by atoms with Crippen molar-refractivity contribution in [2.24, 2.45) is 0 Å². The molecule has 0 spiro atoms. The Balaban J connectivity index is 2.37. The van der Waals surface area contributed by atoms with Crippen LogP contribution in [-0.4, -0.2) is 9.97 Å². The highest BCUT2D eigenvalue weighted by Gasteiger charge is 2.09. The Bertz CT molecular complexity index is 579. The van der Waals surface area contributed by atoms with Crippen molar-refractivity contribution in [3.63, 3.8) is 0 Å². The van der Waals surface area contributed by atoms with Crippen molar-refractivity contribution in [1.29, 1.82) is 0 Å². The summed E-state index contributed by atoms with van der Waals surface area (Å²) in [5, 5.41) is 3.43. The molecular weight excluding hydrogens is 276 g/mol. The topological polar surface area (TPSA) is 37.8 Å². The zero-order valence-corrected chi connectivity index (χ0v) is 11.3. The van der Waals surface area contributed by atoms with Gasteiger partial charge in [-0.3, -0.25) is 0 Å². The summed E-state index contributed by atoms with van der Waals surface area (Å²) in [5.74, 6) is -0.100. The molecule has 18 heavy (non-hydrogen) atoms. The van der Waals surface area contributed by atoms with E-state index in [1.54, 1.807) is 13.0 Å². The molecule has 0 unspecified atom stereocenters. The lowest BCUT2D eigenvalue weighted by Gasteiger charge is -2.09. The van der Waals surface area contributed by atoms with Gasteiger partial charge in [-0.1, -0.05) is 29.3 Å². The van der Waals surface area contributed by atoms with Gasteiger partial charge in [0.2, 0.25) is 5.95 Å². The highest BCUT2D eigenvalue weighted by atomic mass is 35.5. The lowest BCUT2D eigenvalue weighted by Crippen LogP contribution is -2.01. The third kappa shape index (κ3) is 2.71. The van der Waals surface area contributed by atoms with Crippen molar-refractivity contribution in [2.45, 2.75) is 13.8 Å². The summed E-state index contributed by atoms with van der Waals surface area (Å²) in [5.41, 5.74) is 2.05. The van der Waals surface area contributed by atoms with Gasteiger partial charge in [-0.15, -0.1) is 0 Å². The van der Waals surface area contributed by atoms with Gasteiger partial charge in [0, 0.05) is 11.3 Å². The SMILES string of the molecule is Cc1ccc(F)cc1Nc1nc(Cl)c(C)c(Cl)n1. The van der Waals surface area contributed by atoms with Gasteiger partial charge in [-0.05, 0) is 31.5 Å². The largest absolute Gasteiger partial charge is 0.324 e. The molecule has 0 saturated heterocycles. The van der Waals surface area contributed by atoms with E-state index in [0.29, 0.717) is 11.3 Å². The summed E-state index contributed by atoms with van der Waals surface area (Å²) in [6.45, 7) is 3.57. The molecule has 0 aliphatic carbocycles. The zero-order chi connectivity index (χ0) is 13.3. The summed E-state index contributed by atoms with van der Waals surface area (Å²) < 4.78 is 13.1. The average Bonchev–Trinajstić information content (AvgIpc) is 2.31. The molecule has 0 amide bonds. The first-order valence-electron chi connectivity index (χ1n) is 5.20. The normalized spacial score (nSPS) is 10.5. The van der Waals surface area contributed by atoms with Gasteiger partial charge < -0.3 is 5.32 Å². The van der Waals surface area contributed by atoms with E-state index in [4.69, 9.17) is 23.2 Å². The molecule has 1 N–H and O–H groups in total. The third-order valence-corrected chi connectivity index (χ3v) is 3.21. The Morgan fingerprint density at radius 3 is 2.33 bits per heavy atom. The van der Waals surface area contributed by atoms with Crippen molar-refractivity contribution >= 4 is 34.8 Å². The second-order valence-electron chi connectivity index (χ2n) is 3.84. The molecule has 6 heteroatoms. The quantitative estimate of drug-likeness (QED) is 0.837. The maximum Gasteiger partial charge on any atom is 0.230 e. The second-order valence-corrected chi connectivity index (χ2v) is 4.55. The lowest BCUT2D eigenvalue weighted by molar-refractivity contribution is 0.628. The van der Waals surface area contributed by atoms with Crippen molar-refractivity contribution in [1.82, 2.24) is 9.97 Å². The number of rotatable bonds is 2. The molecule has 2 aromatic rings. The fraction of sp³-hybridized carbons (Fsp3) is 0.167. The first-order valence-corrected chi connectivity index (χ1v) is 5.96. The predicted octanol–water partition coefficient (Wildman–Crippen LogP) is 4.28. The number of halogens is 3. The molecule has 0 bridgehead atoms. The number of nitrogens with zero attached hydrogens (tertiary/aromatic N) is 2. The first kappa shape index (κ1) is 13.1. The van der Waals surface area contributed by atoms with E-state index in [1.807, 2.05) is 6.92 Å². The zero-order valence-electron chi connectivity index (χ0n) is 9.76. The lowest BCUT2D eigenvalue weighted by atomic mass is 10.2. The summed E-state index contributed by atoms with van der Waals surface area (Å²) in [6, 6.07) is 4.41. The Hall–Kier alpha value is -1.39. The van der Waals surface area contributed by atoms with Gasteiger partial charge in [-0.25, -0.2) is 14.4 Å². The van der Waals surface area contributed by atoms with Crippen LogP contribution in [0.4, 0.5) is 16.0 Å². The summed E-state index contributed by atoms with van der Waals surface area (Å²) in [4.78, 5) is 8.07. The number of aryl methyl sites for hydroxylation is 1. The fourth-order valence-electron chi connectivity index (χ4n) is 1.37. The molecule has 0 atom stereocenters. The fourth-order valence-corrected chi connectivity index (χ4v) is 1.76. The Morgan fingerprint density at radius 1 is 1.11 bits per heavy atom. The summed E-state index contributed by atoms with van der Waals surface area (Å²) in [6.07, 6.45) is 0. The van der Waals surface area contributed by atoms with Crippen LogP contribution in [0.1, 0.15) is 11.1 Å². The maximum atomic E-state index is 13.1. The molecule has 1 aromatic heterocycles. The predicted molar refractivity (Wildman–Crippen MR) is 71.2 cm³/mol. The van der Waals surface area contributed by atoms with Crippen LogP contribution < -0.4 is 5.32 Å². The molecule has 1 heterocycles. The standard InChI is InChI=1S/C12H10Cl2FN3/c1-6-3-4-8(15)5-9(6)16-12-17-10(13)7(2)11(14)18-12/h3-5H,1-2H3,(H,16,17,18). The van der Waals surface area contributed by atoms with Gasteiger partial charge in [0.05, 0.1) is 0 Å². The van der Waals surface area contributed by atoms with Gasteiger partial charge >= 0.3 is 0 Å². The Labute approximate surface area is 114 Å². The van der Waals surface area contributed by atoms with Gasteiger partial charge in [0.1, 0.15) is 16.1 Å². The highest BCUT2D eigenvalue weighted by molar-refractivity contribution is 6.34. The van der Waals surface area contributed by atoms with E-state index in [0.717, 1.165) is 5.56 Å². The Kier molecular flexibility index (Phi) is 3.68. The van der Waals surface area contributed by atoms with Crippen molar-refractivity contribution < 1.29 is 4.39 Å². The van der Waals surface area contributed by atoms with Crippen LogP contribution in [0, 0.1) is 19.7 Å². The van der Waals surface area contributed by atoms with Crippen LogP contribution in [0.5, 0.6) is 0 Å². The molecule has 0 radical (unpaired) electrons. The number of hydrogen-bond acceptors (Lipinski definition) is 3. The Morgan fingerprint density at radius 2 is 1.72 bits per heavy atom. The van der Waals surface area contributed by atoms with Gasteiger partial charge in [0.25, 0.3) is 0 Å². The number of hydrogen-bond donors (Lipinski definition) is 1. The second kappa shape index (κ2) is 5.08.